The fraction of sp³-hybridized carbons (Fsp3) is 0.333. The first kappa shape index (κ1) is 16.0. The van der Waals surface area contributed by atoms with Crippen molar-refractivity contribution >= 4 is 0 Å². The van der Waals surface area contributed by atoms with E-state index in [1.807, 2.05) is 18.2 Å². The van der Waals surface area contributed by atoms with Crippen molar-refractivity contribution in [3.05, 3.63) is 72.8 Å². The van der Waals surface area contributed by atoms with Crippen LogP contribution in [-0.2, 0) is 12.1 Å². The molecule has 0 saturated heterocycles. The SMILES string of the molecule is CC(C1CC1)C(O)(Cn1cncn1)c1ccc(-c2ccccc2)cc1. The van der Waals surface area contributed by atoms with Crippen molar-refractivity contribution in [3.63, 3.8) is 0 Å². The predicted octanol–water partition coefficient (Wildman–Crippen LogP) is 3.88. The van der Waals surface area contributed by atoms with Crippen LogP contribution >= 0.6 is 0 Å². The molecule has 1 aliphatic rings. The molecule has 1 fully saturated rings. The molecule has 1 N–H and O–H groups in total. The highest BCUT2D eigenvalue weighted by Crippen LogP contribution is 2.46. The van der Waals surface area contributed by atoms with Gasteiger partial charge in [-0.1, -0.05) is 61.5 Å². The topological polar surface area (TPSA) is 50.9 Å². The van der Waals surface area contributed by atoms with E-state index in [9.17, 15) is 5.11 Å². The fourth-order valence-corrected chi connectivity index (χ4v) is 3.63. The second kappa shape index (κ2) is 6.45. The summed E-state index contributed by atoms with van der Waals surface area (Å²) in [7, 11) is 0. The zero-order chi connectivity index (χ0) is 17.3. The number of nitrogens with zero attached hydrogens (tertiary/aromatic N) is 3. The first-order valence-corrected chi connectivity index (χ1v) is 8.87. The Labute approximate surface area is 148 Å². The van der Waals surface area contributed by atoms with Crippen LogP contribution in [0.15, 0.2) is 67.3 Å². The molecule has 0 aliphatic heterocycles. The van der Waals surface area contributed by atoms with E-state index in [1.165, 1.54) is 24.7 Å². The standard InChI is InChI=1S/C21H23N3O/c1-16(17-7-8-17)21(25,13-24-15-22-14-23-24)20-11-9-19(10-12-20)18-5-3-2-4-6-18/h2-6,9-12,14-17,25H,7-8,13H2,1H3. The van der Waals surface area contributed by atoms with Gasteiger partial charge in [-0.25, -0.2) is 9.67 Å². The smallest absolute Gasteiger partial charge is 0.137 e. The van der Waals surface area contributed by atoms with Crippen LogP contribution in [0.1, 0.15) is 25.3 Å². The molecule has 2 aromatic carbocycles. The minimum absolute atomic E-state index is 0.180. The lowest BCUT2D eigenvalue weighted by Crippen LogP contribution is -2.39. The second-order valence-electron chi connectivity index (χ2n) is 7.09. The predicted molar refractivity (Wildman–Crippen MR) is 97.7 cm³/mol. The quantitative estimate of drug-likeness (QED) is 0.745. The van der Waals surface area contributed by atoms with Crippen LogP contribution in [0.3, 0.4) is 0 Å². The third-order valence-electron chi connectivity index (χ3n) is 5.44. The van der Waals surface area contributed by atoms with E-state index in [4.69, 9.17) is 0 Å². The molecular formula is C21H23N3O. The van der Waals surface area contributed by atoms with Crippen molar-refractivity contribution in [3.8, 4) is 11.1 Å². The van der Waals surface area contributed by atoms with Gasteiger partial charge in [0.25, 0.3) is 0 Å². The van der Waals surface area contributed by atoms with E-state index in [2.05, 4.69) is 53.4 Å². The summed E-state index contributed by atoms with van der Waals surface area (Å²) >= 11 is 0. The molecule has 0 bridgehead atoms. The van der Waals surface area contributed by atoms with Gasteiger partial charge in [-0.3, -0.25) is 0 Å². The summed E-state index contributed by atoms with van der Waals surface area (Å²) < 4.78 is 1.73. The summed E-state index contributed by atoms with van der Waals surface area (Å²) in [5, 5.41) is 15.8. The minimum Gasteiger partial charge on any atom is -0.383 e. The summed E-state index contributed by atoms with van der Waals surface area (Å²) in [6.45, 7) is 2.58. The van der Waals surface area contributed by atoms with Crippen molar-refractivity contribution in [1.29, 1.82) is 0 Å². The summed E-state index contributed by atoms with van der Waals surface area (Å²) in [6, 6.07) is 18.6. The molecule has 0 radical (unpaired) electrons. The van der Waals surface area contributed by atoms with Gasteiger partial charge in [0.15, 0.2) is 0 Å². The average molecular weight is 333 g/mol. The molecule has 3 aromatic rings. The Morgan fingerprint density at radius 2 is 1.76 bits per heavy atom. The first-order valence-electron chi connectivity index (χ1n) is 8.87. The Morgan fingerprint density at radius 1 is 1.08 bits per heavy atom. The number of benzene rings is 2. The second-order valence-corrected chi connectivity index (χ2v) is 7.09. The van der Waals surface area contributed by atoms with E-state index in [1.54, 1.807) is 11.0 Å². The highest BCUT2D eigenvalue weighted by atomic mass is 16.3. The minimum atomic E-state index is -0.940. The first-order chi connectivity index (χ1) is 12.2. The number of aromatic nitrogens is 3. The van der Waals surface area contributed by atoms with Crippen molar-refractivity contribution in [2.24, 2.45) is 11.8 Å². The number of aliphatic hydroxyl groups is 1. The number of hydrogen-bond donors (Lipinski definition) is 1. The zero-order valence-electron chi connectivity index (χ0n) is 14.4. The average Bonchev–Trinajstić information content (AvgIpc) is 3.39. The van der Waals surface area contributed by atoms with Crippen molar-refractivity contribution in [2.75, 3.05) is 0 Å². The molecule has 4 rings (SSSR count). The van der Waals surface area contributed by atoms with Gasteiger partial charge in [-0.15, -0.1) is 0 Å². The Morgan fingerprint density at radius 3 is 2.36 bits per heavy atom. The molecule has 0 amide bonds. The Balaban J connectivity index is 1.67. The Bertz CT molecular complexity index is 810. The molecule has 1 aliphatic carbocycles. The van der Waals surface area contributed by atoms with Gasteiger partial charge in [0.1, 0.15) is 18.3 Å². The lowest BCUT2D eigenvalue weighted by molar-refractivity contribution is -0.0442. The summed E-state index contributed by atoms with van der Waals surface area (Å²) in [5.74, 6) is 0.765. The fourth-order valence-electron chi connectivity index (χ4n) is 3.63. The Hall–Kier alpha value is -2.46. The molecule has 2 unspecified atom stereocenters. The molecule has 25 heavy (non-hydrogen) atoms. The van der Waals surface area contributed by atoms with Gasteiger partial charge in [-0.2, -0.15) is 5.10 Å². The third kappa shape index (κ3) is 3.22. The maximum Gasteiger partial charge on any atom is 0.137 e. The summed E-state index contributed by atoms with van der Waals surface area (Å²) in [5.41, 5.74) is 2.35. The molecule has 2 atom stereocenters. The number of rotatable bonds is 6. The van der Waals surface area contributed by atoms with Crippen LogP contribution in [0.2, 0.25) is 0 Å². The van der Waals surface area contributed by atoms with Crippen LogP contribution in [0.5, 0.6) is 0 Å². The van der Waals surface area contributed by atoms with Gasteiger partial charge in [0.05, 0.1) is 6.54 Å². The maximum atomic E-state index is 11.6. The molecule has 128 valence electrons. The molecule has 1 heterocycles. The van der Waals surface area contributed by atoms with E-state index in [0.29, 0.717) is 12.5 Å². The van der Waals surface area contributed by atoms with Crippen LogP contribution in [0.25, 0.3) is 11.1 Å². The van der Waals surface area contributed by atoms with E-state index < -0.39 is 5.60 Å². The maximum absolute atomic E-state index is 11.6. The molecule has 4 nitrogen and oxygen atoms in total. The van der Waals surface area contributed by atoms with Gasteiger partial charge in [0, 0.05) is 0 Å². The molecule has 4 heteroatoms. The molecular weight excluding hydrogens is 310 g/mol. The lowest BCUT2D eigenvalue weighted by atomic mass is 9.79. The highest BCUT2D eigenvalue weighted by molar-refractivity contribution is 5.63. The van der Waals surface area contributed by atoms with Crippen LogP contribution in [0, 0.1) is 11.8 Å². The van der Waals surface area contributed by atoms with Crippen molar-refractivity contribution in [2.45, 2.75) is 31.9 Å². The molecule has 1 saturated carbocycles. The van der Waals surface area contributed by atoms with Gasteiger partial charge < -0.3 is 5.11 Å². The van der Waals surface area contributed by atoms with Crippen molar-refractivity contribution < 1.29 is 5.11 Å². The normalized spacial score (nSPS) is 17.8. The zero-order valence-corrected chi connectivity index (χ0v) is 14.4. The largest absolute Gasteiger partial charge is 0.383 e. The number of hydrogen-bond acceptors (Lipinski definition) is 3. The highest BCUT2D eigenvalue weighted by Gasteiger charge is 2.44. The summed E-state index contributed by atoms with van der Waals surface area (Å²) in [6.07, 6.45) is 5.58. The summed E-state index contributed by atoms with van der Waals surface area (Å²) in [4.78, 5) is 4.01. The lowest BCUT2D eigenvalue weighted by Gasteiger charge is -2.35. The molecule has 1 aromatic heterocycles. The van der Waals surface area contributed by atoms with Crippen LogP contribution in [0.4, 0.5) is 0 Å². The third-order valence-corrected chi connectivity index (χ3v) is 5.44. The van der Waals surface area contributed by atoms with Gasteiger partial charge in [-0.05, 0) is 41.4 Å². The van der Waals surface area contributed by atoms with Gasteiger partial charge in [0.2, 0.25) is 0 Å². The van der Waals surface area contributed by atoms with Crippen molar-refractivity contribution in [1.82, 2.24) is 14.8 Å². The van der Waals surface area contributed by atoms with Crippen LogP contribution in [-0.4, -0.2) is 19.9 Å². The van der Waals surface area contributed by atoms with E-state index >= 15 is 0 Å². The van der Waals surface area contributed by atoms with Gasteiger partial charge >= 0.3 is 0 Å². The molecule has 0 spiro atoms. The van der Waals surface area contributed by atoms with E-state index in [0.717, 1.165) is 11.1 Å². The monoisotopic (exact) mass is 333 g/mol. The van der Waals surface area contributed by atoms with E-state index in [-0.39, 0.29) is 5.92 Å². The Kier molecular flexibility index (Phi) is 4.14. The van der Waals surface area contributed by atoms with Crippen LogP contribution < -0.4 is 0 Å².